The molecule has 1 aliphatic rings. The van der Waals surface area contributed by atoms with Gasteiger partial charge in [0.15, 0.2) is 5.76 Å². The number of nitrogens with zero attached hydrogens (tertiary/aromatic N) is 2. The number of rotatable bonds is 8. The molecule has 8 heteroatoms. The van der Waals surface area contributed by atoms with Gasteiger partial charge in [-0.15, -0.1) is 23.1 Å². The Hall–Kier alpha value is -2.45. The summed E-state index contributed by atoms with van der Waals surface area (Å²) < 4.78 is 10.9. The van der Waals surface area contributed by atoms with Crippen LogP contribution in [0.5, 0.6) is 5.75 Å². The number of para-hydroxylation sites is 2. The van der Waals surface area contributed by atoms with Crippen molar-refractivity contribution in [1.29, 1.82) is 0 Å². The van der Waals surface area contributed by atoms with E-state index in [-0.39, 0.29) is 11.9 Å². The summed E-state index contributed by atoms with van der Waals surface area (Å²) in [4.78, 5) is 15.8. The number of hydrogen-bond acceptors (Lipinski definition) is 7. The molecular weight excluding hydrogens is 418 g/mol. The van der Waals surface area contributed by atoms with Crippen LogP contribution < -0.4 is 15.0 Å². The summed E-state index contributed by atoms with van der Waals surface area (Å²) in [6.45, 7) is 1.77. The van der Waals surface area contributed by atoms with Crippen LogP contribution >= 0.6 is 23.1 Å². The third-order valence-electron chi connectivity index (χ3n) is 5.02. The van der Waals surface area contributed by atoms with E-state index in [9.17, 15) is 4.79 Å². The van der Waals surface area contributed by atoms with Gasteiger partial charge in [-0.1, -0.05) is 23.4 Å². The quantitative estimate of drug-likeness (QED) is 0.556. The van der Waals surface area contributed by atoms with Gasteiger partial charge in [0.05, 0.1) is 29.1 Å². The summed E-state index contributed by atoms with van der Waals surface area (Å²) in [6, 6.07) is 14.1. The first-order valence-corrected chi connectivity index (χ1v) is 12.0. The maximum Gasteiger partial charge on any atom is 0.230 e. The van der Waals surface area contributed by atoms with Gasteiger partial charge in [-0.25, -0.2) is 0 Å². The minimum atomic E-state index is 0.0638. The van der Waals surface area contributed by atoms with E-state index in [1.807, 2.05) is 41.8 Å². The number of ether oxygens (including phenoxy) is 1. The molecule has 1 aromatic carbocycles. The van der Waals surface area contributed by atoms with Gasteiger partial charge in [-0.05, 0) is 36.4 Å². The Balaban J connectivity index is 1.24. The molecule has 4 rings (SSSR count). The number of methoxy groups -OCH3 is 1. The number of carbonyl (C=O) groups is 1. The minimum Gasteiger partial charge on any atom is -0.495 e. The molecule has 158 valence electrons. The number of amides is 1. The minimum absolute atomic E-state index is 0.0638. The molecule has 1 fully saturated rings. The summed E-state index contributed by atoms with van der Waals surface area (Å²) in [5, 5.41) is 9.30. The first kappa shape index (κ1) is 20.8. The highest BCUT2D eigenvalue weighted by Gasteiger charge is 2.23. The number of aromatic nitrogens is 1. The number of benzene rings is 1. The van der Waals surface area contributed by atoms with Crippen molar-refractivity contribution < 1.29 is 14.1 Å². The second kappa shape index (κ2) is 10.0. The number of thiophene rings is 1. The van der Waals surface area contributed by atoms with Crippen LogP contribution in [-0.2, 0) is 10.5 Å². The highest BCUT2D eigenvalue weighted by Crippen LogP contribution is 2.30. The zero-order chi connectivity index (χ0) is 20.8. The highest BCUT2D eigenvalue weighted by molar-refractivity contribution is 7.99. The molecule has 0 spiro atoms. The predicted octanol–water partition coefficient (Wildman–Crippen LogP) is 4.43. The van der Waals surface area contributed by atoms with E-state index in [0.717, 1.165) is 53.7 Å². The van der Waals surface area contributed by atoms with E-state index >= 15 is 0 Å². The molecule has 3 aromatic rings. The molecule has 30 heavy (non-hydrogen) atoms. The fourth-order valence-corrected chi connectivity index (χ4v) is 5.03. The van der Waals surface area contributed by atoms with Gasteiger partial charge in [0.2, 0.25) is 5.91 Å². The zero-order valence-corrected chi connectivity index (χ0v) is 18.5. The van der Waals surface area contributed by atoms with Gasteiger partial charge in [0.1, 0.15) is 5.75 Å². The van der Waals surface area contributed by atoms with Crippen molar-refractivity contribution in [2.45, 2.75) is 24.6 Å². The van der Waals surface area contributed by atoms with Crippen molar-refractivity contribution >= 4 is 34.7 Å². The molecule has 0 radical (unpaired) electrons. The first-order valence-electron chi connectivity index (χ1n) is 9.97. The standard InChI is InChI=1S/C22H25N3O3S2/c1-27-19-8-3-2-7-18(19)25-10-4-6-16(13-25)23-22(26)15-29-14-17-12-20(28-24-17)21-9-5-11-30-21/h2-3,5,7-9,11-12,16H,4,6,10,13-15H2,1H3,(H,23,26). The second-order valence-corrected chi connectivity index (χ2v) is 9.11. The van der Waals surface area contributed by atoms with Crippen LogP contribution in [0.1, 0.15) is 18.5 Å². The Morgan fingerprint density at radius 3 is 3.10 bits per heavy atom. The van der Waals surface area contributed by atoms with Crippen molar-refractivity contribution in [3.63, 3.8) is 0 Å². The predicted molar refractivity (Wildman–Crippen MR) is 122 cm³/mol. The van der Waals surface area contributed by atoms with Gasteiger partial charge >= 0.3 is 0 Å². The first-order chi connectivity index (χ1) is 14.7. The molecule has 3 heterocycles. The monoisotopic (exact) mass is 443 g/mol. The number of carbonyl (C=O) groups excluding carboxylic acids is 1. The topological polar surface area (TPSA) is 67.6 Å². The molecule has 1 N–H and O–H groups in total. The number of thioether (sulfide) groups is 1. The zero-order valence-electron chi connectivity index (χ0n) is 16.9. The molecule has 2 aromatic heterocycles. The van der Waals surface area contributed by atoms with Crippen LogP contribution in [0.15, 0.2) is 52.4 Å². The maximum absolute atomic E-state index is 12.4. The molecule has 1 amide bonds. The number of nitrogens with one attached hydrogen (secondary N) is 1. The highest BCUT2D eigenvalue weighted by atomic mass is 32.2. The summed E-state index contributed by atoms with van der Waals surface area (Å²) in [5.74, 6) is 2.78. The SMILES string of the molecule is COc1ccccc1N1CCCC(NC(=O)CSCc2cc(-c3cccs3)on2)C1. The lowest BCUT2D eigenvalue weighted by molar-refractivity contribution is -0.119. The van der Waals surface area contributed by atoms with Crippen LogP contribution in [0.25, 0.3) is 10.6 Å². The van der Waals surface area contributed by atoms with Gasteiger partial charge in [-0.2, -0.15) is 0 Å². The molecule has 1 aliphatic heterocycles. The largest absolute Gasteiger partial charge is 0.495 e. The summed E-state index contributed by atoms with van der Waals surface area (Å²) in [7, 11) is 1.69. The van der Waals surface area contributed by atoms with E-state index in [2.05, 4.69) is 21.4 Å². The fourth-order valence-electron chi connectivity index (χ4n) is 3.64. The van der Waals surface area contributed by atoms with Crippen LogP contribution in [-0.4, -0.2) is 43.1 Å². The van der Waals surface area contributed by atoms with Crippen molar-refractivity contribution in [1.82, 2.24) is 10.5 Å². The van der Waals surface area contributed by atoms with E-state index in [0.29, 0.717) is 11.5 Å². The number of piperidine rings is 1. The summed E-state index contributed by atoms with van der Waals surface area (Å²) in [5.41, 5.74) is 1.94. The lowest BCUT2D eigenvalue weighted by atomic mass is 10.0. The molecule has 1 atom stereocenters. The molecule has 0 aliphatic carbocycles. The lowest BCUT2D eigenvalue weighted by Crippen LogP contribution is -2.48. The van der Waals surface area contributed by atoms with Crippen LogP contribution in [0.2, 0.25) is 0 Å². The lowest BCUT2D eigenvalue weighted by Gasteiger charge is -2.35. The van der Waals surface area contributed by atoms with Gasteiger partial charge in [-0.3, -0.25) is 4.79 Å². The normalized spacial score (nSPS) is 16.4. The number of anilines is 1. The third kappa shape index (κ3) is 5.17. The maximum atomic E-state index is 12.4. The smallest absolute Gasteiger partial charge is 0.230 e. The Labute approximate surface area is 184 Å². The van der Waals surface area contributed by atoms with Crippen molar-refractivity contribution in [3.8, 4) is 16.4 Å². The van der Waals surface area contributed by atoms with Crippen LogP contribution in [0.4, 0.5) is 5.69 Å². The van der Waals surface area contributed by atoms with Crippen LogP contribution in [0, 0.1) is 0 Å². The molecule has 6 nitrogen and oxygen atoms in total. The van der Waals surface area contributed by atoms with E-state index in [1.54, 1.807) is 30.2 Å². The van der Waals surface area contributed by atoms with Gasteiger partial charge in [0, 0.05) is 31.0 Å². The van der Waals surface area contributed by atoms with Crippen LogP contribution in [0.3, 0.4) is 0 Å². The molecule has 1 saturated heterocycles. The third-order valence-corrected chi connectivity index (χ3v) is 6.87. The number of hydrogen-bond donors (Lipinski definition) is 1. The van der Waals surface area contributed by atoms with Crippen molar-refractivity contribution in [2.24, 2.45) is 0 Å². The second-order valence-electron chi connectivity index (χ2n) is 7.18. The Morgan fingerprint density at radius 2 is 2.27 bits per heavy atom. The fraction of sp³-hybridized carbons (Fsp3) is 0.364. The summed E-state index contributed by atoms with van der Waals surface area (Å²) >= 11 is 3.17. The Bertz CT molecular complexity index is 958. The Morgan fingerprint density at radius 1 is 1.37 bits per heavy atom. The van der Waals surface area contributed by atoms with E-state index in [4.69, 9.17) is 9.26 Å². The van der Waals surface area contributed by atoms with Gasteiger partial charge in [0.25, 0.3) is 0 Å². The average Bonchev–Trinajstić information content (AvgIpc) is 3.46. The van der Waals surface area contributed by atoms with E-state index in [1.165, 1.54) is 0 Å². The molecule has 0 saturated carbocycles. The van der Waals surface area contributed by atoms with E-state index < -0.39 is 0 Å². The molecule has 1 unspecified atom stereocenters. The van der Waals surface area contributed by atoms with Crippen molar-refractivity contribution in [3.05, 3.63) is 53.5 Å². The van der Waals surface area contributed by atoms with Gasteiger partial charge < -0.3 is 19.5 Å². The average molecular weight is 444 g/mol. The molecular formula is C22H25N3O3S2. The Kier molecular flexibility index (Phi) is 6.96. The van der Waals surface area contributed by atoms with Crippen molar-refractivity contribution in [2.75, 3.05) is 30.9 Å². The molecule has 0 bridgehead atoms. The summed E-state index contributed by atoms with van der Waals surface area (Å²) in [6.07, 6.45) is 2.04.